The van der Waals surface area contributed by atoms with Crippen molar-refractivity contribution in [3.05, 3.63) is 63.1 Å². The number of aromatic nitrogens is 2. The minimum Gasteiger partial charge on any atom is -0.360 e. The first-order valence-corrected chi connectivity index (χ1v) is 7.30. The maximum absolute atomic E-state index is 12.7. The Morgan fingerprint density at radius 2 is 1.95 bits per heavy atom. The van der Waals surface area contributed by atoms with E-state index in [1.54, 1.807) is 6.07 Å². The second kappa shape index (κ2) is 5.38. The second-order valence-corrected chi connectivity index (χ2v) is 5.87. The van der Waals surface area contributed by atoms with Crippen LogP contribution >= 0.6 is 22.6 Å². The summed E-state index contributed by atoms with van der Waals surface area (Å²) in [5.74, 6) is -0.542. The number of nitrogens with one attached hydrogen (secondary N) is 1. The molecule has 0 saturated heterocycles. The van der Waals surface area contributed by atoms with Crippen molar-refractivity contribution in [2.24, 2.45) is 0 Å². The number of benzene rings is 1. The molecule has 1 aromatic carbocycles. The van der Waals surface area contributed by atoms with Gasteiger partial charge in [0.05, 0.1) is 0 Å². The highest BCUT2D eigenvalue weighted by Crippen LogP contribution is 2.28. The fourth-order valence-electron chi connectivity index (χ4n) is 2.14. The van der Waals surface area contributed by atoms with Gasteiger partial charge in [-0.15, -0.1) is 0 Å². The van der Waals surface area contributed by atoms with Gasteiger partial charge in [0.25, 0.3) is 0 Å². The fraction of sp³-hybridized carbons (Fsp3) is 0.0667. The number of rotatable bonds is 2. The third-order valence-electron chi connectivity index (χ3n) is 3.16. The SMILES string of the molecule is O=C(c1cccc(C(F)(F)F)n1)c1c[nH]c2ccc(I)cc12. The Morgan fingerprint density at radius 3 is 2.68 bits per heavy atom. The highest BCUT2D eigenvalue weighted by atomic mass is 127. The van der Waals surface area contributed by atoms with Gasteiger partial charge in [0.2, 0.25) is 5.78 Å². The molecule has 0 bridgehead atoms. The molecule has 0 unspecified atom stereocenters. The van der Waals surface area contributed by atoms with Crippen molar-refractivity contribution in [3.63, 3.8) is 0 Å². The molecular formula is C15H8F3IN2O. The molecule has 22 heavy (non-hydrogen) atoms. The lowest BCUT2D eigenvalue weighted by Gasteiger charge is -2.06. The molecule has 0 radical (unpaired) electrons. The van der Waals surface area contributed by atoms with E-state index >= 15 is 0 Å². The van der Waals surface area contributed by atoms with E-state index < -0.39 is 17.7 Å². The third kappa shape index (κ3) is 2.72. The summed E-state index contributed by atoms with van der Waals surface area (Å²) < 4.78 is 39.0. The van der Waals surface area contributed by atoms with Gasteiger partial charge in [0, 0.05) is 26.2 Å². The normalized spacial score (nSPS) is 11.8. The number of pyridine rings is 1. The Kier molecular flexibility index (Phi) is 3.67. The predicted octanol–water partition coefficient (Wildman–Crippen LogP) is 4.42. The maximum Gasteiger partial charge on any atom is 0.433 e. The number of hydrogen-bond donors (Lipinski definition) is 1. The molecule has 3 aromatic rings. The number of ketones is 1. The van der Waals surface area contributed by atoms with E-state index in [2.05, 4.69) is 32.6 Å². The first-order valence-electron chi connectivity index (χ1n) is 6.22. The number of nitrogens with zero attached hydrogens (tertiary/aromatic N) is 1. The van der Waals surface area contributed by atoms with Crippen molar-refractivity contribution in [1.29, 1.82) is 0 Å². The first kappa shape index (κ1) is 15.0. The molecular weight excluding hydrogens is 408 g/mol. The molecule has 0 aliphatic rings. The molecule has 7 heteroatoms. The highest BCUT2D eigenvalue weighted by molar-refractivity contribution is 14.1. The van der Waals surface area contributed by atoms with E-state index in [0.29, 0.717) is 10.9 Å². The van der Waals surface area contributed by atoms with Gasteiger partial charge in [0.15, 0.2) is 0 Å². The van der Waals surface area contributed by atoms with Crippen LogP contribution in [0.5, 0.6) is 0 Å². The molecule has 3 nitrogen and oxygen atoms in total. The Morgan fingerprint density at radius 1 is 1.18 bits per heavy atom. The molecule has 0 aliphatic carbocycles. The van der Waals surface area contributed by atoms with E-state index in [-0.39, 0.29) is 5.69 Å². The molecule has 0 spiro atoms. The smallest absolute Gasteiger partial charge is 0.360 e. The number of hydrogen-bond acceptors (Lipinski definition) is 2. The average Bonchev–Trinajstić information content (AvgIpc) is 2.88. The minimum atomic E-state index is -4.58. The van der Waals surface area contributed by atoms with E-state index in [9.17, 15) is 18.0 Å². The zero-order valence-corrected chi connectivity index (χ0v) is 13.1. The van der Waals surface area contributed by atoms with E-state index in [4.69, 9.17) is 0 Å². The Hall–Kier alpha value is -1.90. The summed E-state index contributed by atoms with van der Waals surface area (Å²) in [7, 11) is 0. The molecule has 0 fully saturated rings. The fourth-order valence-corrected chi connectivity index (χ4v) is 2.63. The van der Waals surface area contributed by atoms with Gasteiger partial charge in [-0.25, -0.2) is 4.98 Å². The maximum atomic E-state index is 12.7. The largest absolute Gasteiger partial charge is 0.433 e. The Bertz CT molecular complexity index is 871. The monoisotopic (exact) mass is 416 g/mol. The summed E-state index contributed by atoms with van der Waals surface area (Å²) in [4.78, 5) is 18.8. The van der Waals surface area contributed by atoms with Crippen molar-refractivity contribution in [1.82, 2.24) is 9.97 Å². The van der Waals surface area contributed by atoms with Crippen LogP contribution in [0.25, 0.3) is 10.9 Å². The summed E-state index contributed by atoms with van der Waals surface area (Å²) in [5.41, 5.74) is -0.251. The van der Waals surface area contributed by atoms with Crippen molar-refractivity contribution < 1.29 is 18.0 Å². The van der Waals surface area contributed by atoms with Gasteiger partial charge in [0.1, 0.15) is 11.4 Å². The standard InChI is InChI=1S/C15H8F3IN2O/c16-15(17,18)13-3-1-2-12(21-13)14(22)10-7-20-11-5-4-8(19)6-9(10)11/h1-7,20H. The number of carbonyl (C=O) groups excluding carboxylic acids is 1. The van der Waals surface area contributed by atoms with Crippen LogP contribution < -0.4 is 0 Å². The topological polar surface area (TPSA) is 45.8 Å². The van der Waals surface area contributed by atoms with E-state index in [0.717, 1.165) is 15.2 Å². The van der Waals surface area contributed by atoms with Gasteiger partial charge in [-0.1, -0.05) is 6.07 Å². The van der Waals surface area contributed by atoms with E-state index in [1.165, 1.54) is 18.3 Å². The van der Waals surface area contributed by atoms with Gasteiger partial charge >= 0.3 is 6.18 Å². The van der Waals surface area contributed by atoms with Crippen LogP contribution in [0.2, 0.25) is 0 Å². The molecule has 112 valence electrons. The summed E-state index contributed by atoms with van der Waals surface area (Å²) in [6, 6.07) is 8.79. The number of alkyl halides is 3. The predicted molar refractivity (Wildman–Crippen MR) is 83.7 cm³/mol. The molecule has 0 aliphatic heterocycles. The molecule has 0 amide bonds. The van der Waals surface area contributed by atoms with Gasteiger partial charge in [-0.3, -0.25) is 4.79 Å². The van der Waals surface area contributed by atoms with Gasteiger partial charge in [-0.2, -0.15) is 13.2 Å². The van der Waals surface area contributed by atoms with Crippen molar-refractivity contribution in [2.45, 2.75) is 6.18 Å². The Balaban J connectivity index is 2.08. The highest BCUT2D eigenvalue weighted by Gasteiger charge is 2.33. The summed E-state index contributed by atoms with van der Waals surface area (Å²) in [6.07, 6.45) is -3.09. The molecule has 1 N–H and O–H groups in total. The summed E-state index contributed by atoms with van der Waals surface area (Å²) in [6.45, 7) is 0. The lowest BCUT2D eigenvalue weighted by molar-refractivity contribution is -0.141. The van der Waals surface area contributed by atoms with Crippen LogP contribution in [-0.2, 0) is 6.18 Å². The van der Waals surface area contributed by atoms with Crippen LogP contribution in [0.15, 0.2) is 42.6 Å². The molecule has 3 rings (SSSR count). The number of aromatic amines is 1. The molecule has 0 atom stereocenters. The summed E-state index contributed by atoms with van der Waals surface area (Å²) in [5, 5.41) is 0.663. The van der Waals surface area contributed by atoms with Crippen LogP contribution in [0.4, 0.5) is 13.2 Å². The molecule has 2 heterocycles. The quantitative estimate of drug-likeness (QED) is 0.497. The lowest BCUT2D eigenvalue weighted by atomic mass is 10.1. The first-order chi connectivity index (χ1) is 10.4. The minimum absolute atomic E-state index is 0.227. The number of H-pyrrole nitrogens is 1. The van der Waals surface area contributed by atoms with Crippen molar-refractivity contribution in [2.75, 3.05) is 0 Å². The average molecular weight is 416 g/mol. The zero-order valence-electron chi connectivity index (χ0n) is 10.9. The lowest BCUT2D eigenvalue weighted by Crippen LogP contribution is -2.12. The van der Waals surface area contributed by atoms with Crippen LogP contribution in [0, 0.1) is 3.57 Å². The second-order valence-electron chi connectivity index (χ2n) is 4.63. The van der Waals surface area contributed by atoms with Crippen LogP contribution in [0.3, 0.4) is 0 Å². The zero-order chi connectivity index (χ0) is 15.9. The van der Waals surface area contributed by atoms with Gasteiger partial charge in [-0.05, 0) is 52.9 Å². The van der Waals surface area contributed by atoms with Crippen LogP contribution in [-0.4, -0.2) is 15.8 Å². The van der Waals surface area contributed by atoms with Crippen molar-refractivity contribution in [3.8, 4) is 0 Å². The number of carbonyl (C=O) groups is 1. The molecule has 0 saturated carbocycles. The number of fused-ring (bicyclic) bond motifs is 1. The van der Waals surface area contributed by atoms with Gasteiger partial charge < -0.3 is 4.98 Å². The Labute approximate surface area is 136 Å². The summed E-state index contributed by atoms with van der Waals surface area (Å²) >= 11 is 2.11. The van der Waals surface area contributed by atoms with Crippen LogP contribution in [0.1, 0.15) is 21.7 Å². The number of halogens is 4. The van der Waals surface area contributed by atoms with E-state index in [1.807, 2.05) is 12.1 Å². The molecule has 2 aromatic heterocycles. The van der Waals surface area contributed by atoms with Crippen molar-refractivity contribution >= 4 is 39.3 Å². The third-order valence-corrected chi connectivity index (χ3v) is 3.83.